The molecule has 0 aliphatic rings. The molecule has 0 saturated heterocycles. The monoisotopic (exact) mass is 146 g/mol. The average Bonchev–Trinajstić information content (AvgIpc) is 1.65. The van der Waals surface area contributed by atoms with Crippen LogP contribution in [0.5, 0.6) is 0 Å². The SMILES string of the molecule is CCC(C)=O.O=C([O-])[O-].[Li+].[Li+]. The zero-order chi connectivity index (χ0) is 7.86. The van der Waals surface area contributed by atoms with E-state index in [2.05, 4.69) is 0 Å². The quantitative estimate of drug-likeness (QED) is 0.344. The van der Waals surface area contributed by atoms with Crippen LogP contribution >= 0.6 is 0 Å². The third kappa shape index (κ3) is 147. The van der Waals surface area contributed by atoms with E-state index in [0.717, 1.165) is 0 Å². The first kappa shape index (κ1) is 22.5. The van der Waals surface area contributed by atoms with Crippen LogP contribution in [0.2, 0.25) is 0 Å². The Labute approximate surface area is 89.7 Å². The van der Waals surface area contributed by atoms with Gasteiger partial charge in [-0.15, -0.1) is 0 Å². The molecule has 0 fully saturated rings. The molecule has 0 radical (unpaired) electrons. The van der Waals surface area contributed by atoms with E-state index in [-0.39, 0.29) is 43.5 Å². The van der Waals surface area contributed by atoms with Crippen LogP contribution in [0.15, 0.2) is 0 Å². The van der Waals surface area contributed by atoms with Gasteiger partial charge in [0, 0.05) is 6.42 Å². The van der Waals surface area contributed by atoms with Crippen molar-refractivity contribution in [2.45, 2.75) is 20.3 Å². The Morgan fingerprint density at radius 3 is 1.27 bits per heavy atom. The van der Waals surface area contributed by atoms with Crippen LogP contribution in [-0.4, -0.2) is 11.9 Å². The molecule has 11 heavy (non-hydrogen) atoms. The maximum Gasteiger partial charge on any atom is 1.00 e. The van der Waals surface area contributed by atoms with E-state index in [0.29, 0.717) is 6.42 Å². The molecule has 54 valence electrons. The maximum absolute atomic E-state index is 9.81. The molecule has 0 aromatic heterocycles. The number of Topliss-reactive ketones (excluding diaryl/α,β-unsaturated/α-hetero) is 1. The van der Waals surface area contributed by atoms with Gasteiger partial charge in [0.05, 0.1) is 0 Å². The van der Waals surface area contributed by atoms with Crippen LogP contribution in [0.3, 0.4) is 0 Å². The minimum atomic E-state index is -2.33. The molecule has 0 aliphatic heterocycles. The second kappa shape index (κ2) is 16.6. The van der Waals surface area contributed by atoms with Crippen molar-refractivity contribution in [1.29, 1.82) is 0 Å². The van der Waals surface area contributed by atoms with Gasteiger partial charge < -0.3 is 19.8 Å². The van der Waals surface area contributed by atoms with Gasteiger partial charge in [0.15, 0.2) is 0 Å². The smallest absolute Gasteiger partial charge is 0.652 e. The van der Waals surface area contributed by atoms with Gasteiger partial charge in [0.2, 0.25) is 0 Å². The number of rotatable bonds is 1. The summed E-state index contributed by atoms with van der Waals surface area (Å²) in [5.41, 5.74) is 0. The number of carbonyl (C=O) groups is 2. The van der Waals surface area contributed by atoms with Crippen molar-refractivity contribution in [1.82, 2.24) is 0 Å². The van der Waals surface area contributed by atoms with E-state index in [1.54, 1.807) is 6.92 Å². The van der Waals surface area contributed by atoms with E-state index < -0.39 is 6.16 Å². The predicted molar refractivity (Wildman–Crippen MR) is 26.4 cm³/mol. The zero-order valence-corrected chi connectivity index (χ0v) is 7.34. The van der Waals surface area contributed by atoms with Crippen molar-refractivity contribution in [3.63, 3.8) is 0 Å². The largest absolute Gasteiger partial charge is 1.00 e. The molecule has 0 saturated carbocycles. The Balaban J connectivity index is -0.0000000383. The third-order valence-corrected chi connectivity index (χ3v) is 0.498. The van der Waals surface area contributed by atoms with Crippen molar-refractivity contribution in [3.05, 3.63) is 0 Å². The van der Waals surface area contributed by atoms with E-state index >= 15 is 0 Å². The first-order valence-corrected chi connectivity index (χ1v) is 2.38. The van der Waals surface area contributed by atoms with Gasteiger partial charge in [0.1, 0.15) is 5.78 Å². The summed E-state index contributed by atoms with van der Waals surface area (Å²) in [7, 11) is 0. The van der Waals surface area contributed by atoms with Gasteiger partial charge in [-0.05, 0) is 13.1 Å². The topological polar surface area (TPSA) is 80.3 Å². The summed E-state index contributed by atoms with van der Waals surface area (Å²) >= 11 is 0. The van der Waals surface area contributed by atoms with Crippen LogP contribution in [0, 0.1) is 0 Å². The molecule has 0 atom stereocenters. The molecule has 0 heterocycles. The molecule has 0 amide bonds. The molecule has 0 aliphatic carbocycles. The summed E-state index contributed by atoms with van der Waals surface area (Å²) in [6.07, 6.45) is -1.67. The molecule has 0 spiro atoms. The number of carboxylic acid groups (broad SMARTS) is 2. The molecule has 6 heteroatoms. The van der Waals surface area contributed by atoms with Gasteiger partial charge >= 0.3 is 37.7 Å². The minimum absolute atomic E-state index is 0. The van der Waals surface area contributed by atoms with Gasteiger partial charge in [-0.25, -0.2) is 0 Å². The van der Waals surface area contributed by atoms with Gasteiger partial charge in [0.25, 0.3) is 0 Å². The van der Waals surface area contributed by atoms with Crippen molar-refractivity contribution in [2.24, 2.45) is 0 Å². The van der Waals surface area contributed by atoms with Gasteiger partial charge in [-0.2, -0.15) is 0 Å². The molecule has 0 rings (SSSR count). The molecule has 0 aromatic rings. The van der Waals surface area contributed by atoms with Gasteiger partial charge in [-0.1, -0.05) is 6.92 Å². The maximum atomic E-state index is 9.81. The summed E-state index contributed by atoms with van der Waals surface area (Å²) < 4.78 is 0. The number of ketones is 1. The van der Waals surface area contributed by atoms with E-state index in [1.807, 2.05) is 6.92 Å². The fourth-order valence-electron chi connectivity index (χ4n) is 0. The molecule has 0 bridgehead atoms. The zero-order valence-electron chi connectivity index (χ0n) is 7.34. The third-order valence-electron chi connectivity index (χ3n) is 0.498. The fraction of sp³-hybridized carbons (Fsp3) is 0.600. The Morgan fingerprint density at radius 2 is 1.27 bits per heavy atom. The second-order valence-electron chi connectivity index (χ2n) is 1.31. The molecule has 0 N–H and O–H groups in total. The molecular formula is C5H8Li2O4. The first-order valence-electron chi connectivity index (χ1n) is 2.38. The van der Waals surface area contributed by atoms with E-state index in [9.17, 15) is 4.79 Å². The van der Waals surface area contributed by atoms with Crippen LogP contribution in [0.25, 0.3) is 0 Å². The van der Waals surface area contributed by atoms with Crippen molar-refractivity contribution in [3.8, 4) is 0 Å². The summed E-state index contributed by atoms with van der Waals surface area (Å²) in [6, 6.07) is 0. The van der Waals surface area contributed by atoms with Crippen molar-refractivity contribution < 1.29 is 57.5 Å². The average molecular weight is 146 g/mol. The fourth-order valence-corrected chi connectivity index (χ4v) is 0. The van der Waals surface area contributed by atoms with Crippen LogP contribution in [0.1, 0.15) is 20.3 Å². The van der Waals surface area contributed by atoms with Crippen LogP contribution in [-0.2, 0) is 4.79 Å². The minimum Gasteiger partial charge on any atom is -0.652 e. The summed E-state index contributed by atoms with van der Waals surface area (Å²) in [6.45, 7) is 3.43. The summed E-state index contributed by atoms with van der Waals surface area (Å²) in [5, 5.41) is 16.7. The van der Waals surface area contributed by atoms with Gasteiger partial charge in [-0.3, -0.25) is 0 Å². The van der Waals surface area contributed by atoms with Crippen molar-refractivity contribution in [2.75, 3.05) is 0 Å². The Hall–Kier alpha value is 0.135. The van der Waals surface area contributed by atoms with E-state index in [4.69, 9.17) is 15.0 Å². The standard InChI is InChI=1S/C4H8O.CH2O3.2Li/c1-3-4(2)5;2-1(3)4;;/h3H2,1-2H3;(H2,2,3,4);;/q;;2*+1/p-2. The van der Waals surface area contributed by atoms with Crippen LogP contribution in [0.4, 0.5) is 4.79 Å². The number of carbonyl (C=O) groups excluding carboxylic acids is 2. The summed E-state index contributed by atoms with van der Waals surface area (Å²) in [5.74, 6) is 0.255. The van der Waals surface area contributed by atoms with E-state index in [1.165, 1.54) is 0 Å². The predicted octanol–water partition coefficient (Wildman–Crippen LogP) is -7.45. The molecule has 0 unspecified atom stereocenters. The summed E-state index contributed by atoms with van der Waals surface area (Å²) in [4.78, 5) is 18.1. The first-order chi connectivity index (χ1) is 4.00. The Morgan fingerprint density at radius 1 is 1.18 bits per heavy atom. The molecule has 4 nitrogen and oxygen atoms in total. The Bertz CT molecular complexity index is 101. The number of hydrogen-bond donors (Lipinski definition) is 0. The Kier molecular flexibility index (Phi) is 33.9. The second-order valence-corrected chi connectivity index (χ2v) is 1.31. The van der Waals surface area contributed by atoms with Crippen LogP contribution < -0.4 is 47.9 Å². The number of hydrogen-bond acceptors (Lipinski definition) is 4. The van der Waals surface area contributed by atoms with Crippen molar-refractivity contribution >= 4 is 11.9 Å². The molecule has 0 aromatic carbocycles. The molecular weight excluding hydrogens is 138 g/mol. The normalized spacial score (nSPS) is 5.64.